The summed E-state index contributed by atoms with van der Waals surface area (Å²) < 4.78 is 7.41. The lowest BCUT2D eigenvalue weighted by Gasteiger charge is -2.14. The van der Waals surface area contributed by atoms with Crippen LogP contribution in [0.5, 0.6) is 5.75 Å². The van der Waals surface area contributed by atoms with E-state index in [4.69, 9.17) is 16.3 Å². The fourth-order valence-electron chi connectivity index (χ4n) is 3.34. The zero-order valence-electron chi connectivity index (χ0n) is 16.5. The molecule has 3 aromatic carbocycles. The number of benzene rings is 3. The van der Waals surface area contributed by atoms with Crippen LogP contribution in [0.2, 0.25) is 5.02 Å². The number of para-hydroxylation sites is 1. The highest BCUT2D eigenvalue weighted by atomic mass is 35.5. The third-order valence-electron chi connectivity index (χ3n) is 4.79. The first kappa shape index (κ1) is 20.4. The number of halogens is 1. The van der Waals surface area contributed by atoms with E-state index in [1.807, 2.05) is 0 Å². The molecule has 1 N–H and O–H groups in total. The number of anilines is 1. The van der Waals surface area contributed by atoms with Gasteiger partial charge >= 0.3 is 5.69 Å². The highest BCUT2D eigenvalue weighted by Gasteiger charge is 2.16. The number of fused-ring (bicyclic) bond motifs is 1. The molecule has 7 nitrogen and oxygen atoms in total. The SMILES string of the molecule is COc1ccc(NC(=O)Cn2c(=O)n(-c3cccc(Cl)c3)c(=O)c3ccccc32)cc1. The summed E-state index contributed by atoms with van der Waals surface area (Å²) in [4.78, 5) is 39.0. The van der Waals surface area contributed by atoms with Crippen molar-refractivity contribution in [3.8, 4) is 11.4 Å². The molecule has 1 heterocycles. The zero-order chi connectivity index (χ0) is 22.0. The summed E-state index contributed by atoms with van der Waals surface area (Å²) in [7, 11) is 1.56. The Kier molecular flexibility index (Phi) is 5.60. The number of ether oxygens (including phenoxy) is 1. The van der Waals surface area contributed by atoms with Crippen molar-refractivity contribution in [3.05, 3.63) is 98.7 Å². The fourth-order valence-corrected chi connectivity index (χ4v) is 3.52. The van der Waals surface area contributed by atoms with Gasteiger partial charge in [0.2, 0.25) is 5.91 Å². The summed E-state index contributed by atoms with van der Waals surface area (Å²) in [5.74, 6) is 0.252. The Labute approximate surface area is 182 Å². The molecule has 0 bridgehead atoms. The van der Waals surface area contributed by atoms with Gasteiger partial charge in [-0.05, 0) is 54.6 Å². The minimum Gasteiger partial charge on any atom is -0.497 e. The Balaban J connectivity index is 1.78. The third kappa shape index (κ3) is 4.08. The molecule has 0 saturated carbocycles. The van der Waals surface area contributed by atoms with Crippen molar-refractivity contribution in [1.29, 1.82) is 0 Å². The molecule has 1 amide bonds. The van der Waals surface area contributed by atoms with Crippen LogP contribution in [0.15, 0.2) is 82.4 Å². The van der Waals surface area contributed by atoms with Crippen LogP contribution < -0.4 is 21.3 Å². The van der Waals surface area contributed by atoms with E-state index >= 15 is 0 Å². The molecular formula is C23H18ClN3O4. The van der Waals surface area contributed by atoms with Crippen LogP contribution in [0.25, 0.3) is 16.6 Å². The highest BCUT2D eigenvalue weighted by Crippen LogP contribution is 2.16. The first-order chi connectivity index (χ1) is 15.0. The largest absolute Gasteiger partial charge is 0.497 e. The molecule has 8 heteroatoms. The van der Waals surface area contributed by atoms with Gasteiger partial charge in [-0.15, -0.1) is 0 Å². The zero-order valence-corrected chi connectivity index (χ0v) is 17.3. The van der Waals surface area contributed by atoms with Gasteiger partial charge in [0.1, 0.15) is 12.3 Å². The van der Waals surface area contributed by atoms with E-state index in [2.05, 4.69) is 5.32 Å². The minimum atomic E-state index is -0.629. The van der Waals surface area contributed by atoms with Crippen molar-refractivity contribution in [2.75, 3.05) is 12.4 Å². The first-order valence-electron chi connectivity index (χ1n) is 9.42. The van der Waals surface area contributed by atoms with Crippen LogP contribution >= 0.6 is 11.6 Å². The molecule has 0 aliphatic heterocycles. The van der Waals surface area contributed by atoms with Crippen LogP contribution in [0.1, 0.15) is 0 Å². The number of methoxy groups -OCH3 is 1. The second kappa shape index (κ2) is 8.49. The number of nitrogens with one attached hydrogen (secondary N) is 1. The van der Waals surface area contributed by atoms with Gasteiger partial charge in [-0.2, -0.15) is 0 Å². The van der Waals surface area contributed by atoms with Gasteiger partial charge in [-0.1, -0.05) is 29.8 Å². The van der Waals surface area contributed by atoms with Gasteiger partial charge in [-0.25, -0.2) is 9.36 Å². The molecule has 31 heavy (non-hydrogen) atoms. The number of carbonyl (C=O) groups excluding carboxylic acids is 1. The number of hydrogen-bond acceptors (Lipinski definition) is 4. The molecule has 0 radical (unpaired) electrons. The normalized spacial score (nSPS) is 10.8. The number of aromatic nitrogens is 2. The van der Waals surface area contributed by atoms with Gasteiger partial charge in [0.05, 0.1) is 23.7 Å². The highest BCUT2D eigenvalue weighted by molar-refractivity contribution is 6.30. The maximum absolute atomic E-state index is 13.3. The molecule has 0 atom stereocenters. The lowest BCUT2D eigenvalue weighted by Crippen LogP contribution is -2.40. The Morgan fingerprint density at radius 2 is 1.74 bits per heavy atom. The average molecular weight is 436 g/mol. The van der Waals surface area contributed by atoms with E-state index in [0.717, 1.165) is 4.57 Å². The van der Waals surface area contributed by atoms with E-state index in [-0.39, 0.29) is 6.54 Å². The van der Waals surface area contributed by atoms with Crippen LogP contribution in [0, 0.1) is 0 Å². The quantitative estimate of drug-likeness (QED) is 0.520. The molecule has 0 spiro atoms. The Morgan fingerprint density at radius 1 is 1.00 bits per heavy atom. The van der Waals surface area contributed by atoms with Gasteiger partial charge in [0, 0.05) is 10.7 Å². The predicted octanol–water partition coefficient (Wildman–Crippen LogP) is 3.45. The summed E-state index contributed by atoms with van der Waals surface area (Å²) in [5, 5.41) is 3.46. The van der Waals surface area contributed by atoms with E-state index in [0.29, 0.717) is 33.0 Å². The lowest BCUT2D eigenvalue weighted by atomic mass is 10.2. The molecule has 0 fully saturated rings. The van der Waals surface area contributed by atoms with Gasteiger partial charge < -0.3 is 10.1 Å². The van der Waals surface area contributed by atoms with Crippen LogP contribution in [-0.2, 0) is 11.3 Å². The standard InChI is InChI=1S/C23H18ClN3O4/c1-31-18-11-9-16(10-12-18)25-21(28)14-26-20-8-3-2-7-19(20)22(29)27(23(26)30)17-6-4-5-15(24)13-17/h2-13H,14H2,1H3,(H,25,28). The molecule has 0 aliphatic rings. The van der Waals surface area contributed by atoms with Crippen molar-refractivity contribution in [2.45, 2.75) is 6.54 Å². The van der Waals surface area contributed by atoms with E-state index in [1.54, 1.807) is 73.8 Å². The Bertz CT molecular complexity index is 1390. The van der Waals surface area contributed by atoms with E-state index < -0.39 is 17.2 Å². The minimum absolute atomic E-state index is 0.272. The maximum atomic E-state index is 13.3. The summed E-state index contributed by atoms with van der Waals surface area (Å²) in [6.07, 6.45) is 0. The third-order valence-corrected chi connectivity index (χ3v) is 5.03. The molecular weight excluding hydrogens is 418 g/mol. The fraction of sp³-hybridized carbons (Fsp3) is 0.0870. The van der Waals surface area contributed by atoms with Crippen molar-refractivity contribution >= 4 is 34.1 Å². The number of amides is 1. The number of nitrogens with zero attached hydrogens (tertiary/aromatic N) is 2. The molecule has 0 unspecified atom stereocenters. The Morgan fingerprint density at radius 3 is 2.45 bits per heavy atom. The number of rotatable bonds is 5. The summed E-state index contributed by atoms with van der Waals surface area (Å²) in [6, 6.07) is 20.0. The summed E-state index contributed by atoms with van der Waals surface area (Å²) >= 11 is 6.06. The summed E-state index contributed by atoms with van der Waals surface area (Å²) in [6.45, 7) is -0.272. The van der Waals surface area contributed by atoms with Gasteiger partial charge in [0.25, 0.3) is 5.56 Å². The van der Waals surface area contributed by atoms with Crippen LogP contribution in [0.4, 0.5) is 5.69 Å². The number of carbonyl (C=O) groups is 1. The molecule has 156 valence electrons. The van der Waals surface area contributed by atoms with Crippen molar-refractivity contribution < 1.29 is 9.53 Å². The van der Waals surface area contributed by atoms with Crippen LogP contribution in [-0.4, -0.2) is 22.2 Å². The van der Waals surface area contributed by atoms with Gasteiger partial charge in [0.15, 0.2) is 0 Å². The van der Waals surface area contributed by atoms with Crippen molar-refractivity contribution in [1.82, 2.24) is 9.13 Å². The first-order valence-corrected chi connectivity index (χ1v) is 9.80. The molecule has 4 rings (SSSR count). The lowest BCUT2D eigenvalue weighted by molar-refractivity contribution is -0.116. The molecule has 0 saturated heterocycles. The summed E-state index contributed by atoms with van der Waals surface area (Å²) in [5.41, 5.74) is 0.162. The van der Waals surface area contributed by atoms with Crippen molar-refractivity contribution in [3.63, 3.8) is 0 Å². The average Bonchev–Trinajstić information content (AvgIpc) is 2.77. The molecule has 0 aliphatic carbocycles. The van der Waals surface area contributed by atoms with Crippen LogP contribution in [0.3, 0.4) is 0 Å². The maximum Gasteiger partial charge on any atom is 0.336 e. The molecule has 4 aromatic rings. The van der Waals surface area contributed by atoms with E-state index in [9.17, 15) is 14.4 Å². The monoisotopic (exact) mass is 435 g/mol. The topological polar surface area (TPSA) is 82.3 Å². The second-order valence-corrected chi connectivity index (χ2v) is 7.22. The van der Waals surface area contributed by atoms with Crippen molar-refractivity contribution in [2.24, 2.45) is 0 Å². The second-order valence-electron chi connectivity index (χ2n) is 6.78. The molecule has 1 aromatic heterocycles. The predicted molar refractivity (Wildman–Crippen MR) is 120 cm³/mol. The van der Waals surface area contributed by atoms with Gasteiger partial charge in [-0.3, -0.25) is 14.2 Å². The van der Waals surface area contributed by atoms with E-state index in [1.165, 1.54) is 10.6 Å². The Hall–Kier alpha value is -3.84. The smallest absolute Gasteiger partial charge is 0.336 e. The number of hydrogen-bond donors (Lipinski definition) is 1.